The van der Waals surface area contributed by atoms with Gasteiger partial charge in [0.05, 0.1) is 5.54 Å². The van der Waals surface area contributed by atoms with Crippen LogP contribution in [0.4, 0.5) is 0 Å². The van der Waals surface area contributed by atoms with Gasteiger partial charge in [-0.15, -0.1) is 0 Å². The SMILES string of the molecule is CON=C(c1ccc(Cl)cc1)C(C)(C)N1CCN(C#CC(=O)O)CC1. The minimum absolute atomic E-state index is 0.365. The fourth-order valence-corrected chi connectivity index (χ4v) is 3.00. The van der Waals surface area contributed by atoms with Crippen LogP contribution in [0.25, 0.3) is 0 Å². The standard InChI is InChI=1S/C18H22ClN3O3/c1-18(2,17(20-25-3)14-4-6-15(19)7-5-14)22-12-10-21(11-13-22)9-8-16(23)24/h4-7H,10-13H2,1-3H3,(H,23,24). The van der Waals surface area contributed by atoms with Gasteiger partial charge in [-0.25, -0.2) is 4.79 Å². The number of hydrogen-bond acceptors (Lipinski definition) is 5. The van der Waals surface area contributed by atoms with Crippen molar-refractivity contribution in [1.82, 2.24) is 9.80 Å². The van der Waals surface area contributed by atoms with E-state index in [1.54, 1.807) is 0 Å². The summed E-state index contributed by atoms with van der Waals surface area (Å²) in [7, 11) is 1.53. The lowest BCUT2D eigenvalue weighted by Crippen LogP contribution is -2.57. The molecular weight excluding hydrogens is 342 g/mol. The van der Waals surface area contributed by atoms with Crippen molar-refractivity contribution >= 4 is 23.3 Å². The number of piperazine rings is 1. The molecule has 0 amide bonds. The first kappa shape index (κ1) is 19.1. The molecule has 0 saturated carbocycles. The molecule has 0 aliphatic carbocycles. The fraction of sp³-hybridized carbons (Fsp3) is 0.444. The van der Waals surface area contributed by atoms with E-state index in [0.717, 1.165) is 24.4 Å². The lowest BCUT2D eigenvalue weighted by atomic mass is 9.89. The molecule has 1 aliphatic heterocycles. The number of aliphatic carboxylic acids is 1. The molecule has 1 fully saturated rings. The minimum atomic E-state index is -1.11. The fourth-order valence-electron chi connectivity index (χ4n) is 2.87. The second-order valence-corrected chi connectivity index (χ2v) is 6.64. The maximum absolute atomic E-state index is 10.6. The van der Waals surface area contributed by atoms with Gasteiger partial charge in [0.1, 0.15) is 12.8 Å². The summed E-state index contributed by atoms with van der Waals surface area (Å²) in [6, 6.07) is 10.2. The zero-order valence-corrected chi connectivity index (χ0v) is 15.4. The van der Waals surface area contributed by atoms with Gasteiger partial charge in [-0.05, 0) is 26.0 Å². The third-order valence-corrected chi connectivity index (χ3v) is 4.52. The molecule has 0 bridgehead atoms. The van der Waals surface area contributed by atoms with Crippen LogP contribution in [0.1, 0.15) is 19.4 Å². The summed E-state index contributed by atoms with van der Waals surface area (Å²) >= 11 is 5.98. The number of hydrogen-bond donors (Lipinski definition) is 1. The molecule has 1 aliphatic rings. The van der Waals surface area contributed by atoms with Gasteiger partial charge in [-0.3, -0.25) is 4.90 Å². The number of nitrogens with zero attached hydrogens (tertiary/aromatic N) is 3. The molecule has 6 nitrogen and oxygen atoms in total. The number of halogens is 1. The molecular formula is C18H22ClN3O3. The first-order chi connectivity index (χ1) is 11.8. The smallest absolute Gasteiger partial charge is 0.383 e. The van der Waals surface area contributed by atoms with Crippen molar-refractivity contribution in [1.29, 1.82) is 0 Å². The lowest BCUT2D eigenvalue weighted by Gasteiger charge is -2.43. The van der Waals surface area contributed by atoms with E-state index in [2.05, 4.69) is 35.9 Å². The molecule has 2 rings (SSSR count). The van der Waals surface area contributed by atoms with Crippen molar-refractivity contribution in [2.45, 2.75) is 19.4 Å². The Balaban J connectivity index is 2.16. The Bertz CT molecular complexity index is 697. The van der Waals surface area contributed by atoms with Crippen LogP contribution >= 0.6 is 11.6 Å². The van der Waals surface area contributed by atoms with E-state index in [4.69, 9.17) is 21.5 Å². The van der Waals surface area contributed by atoms with Crippen molar-refractivity contribution in [2.24, 2.45) is 5.16 Å². The summed E-state index contributed by atoms with van der Waals surface area (Å²) in [6.45, 7) is 7.03. The topological polar surface area (TPSA) is 65.4 Å². The molecule has 7 heteroatoms. The molecule has 134 valence electrons. The van der Waals surface area contributed by atoms with E-state index < -0.39 is 5.97 Å². The number of rotatable bonds is 4. The second kappa shape index (κ2) is 8.24. The van der Waals surface area contributed by atoms with E-state index in [9.17, 15) is 4.79 Å². The zero-order valence-electron chi connectivity index (χ0n) is 14.6. The molecule has 0 aromatic heterocycles. The zero-order chi connectivity index (χ0) is 18.4. The molecule has 1 heterocycles. The molecule has 1 saturated heterocycles. The molecule has 1 aromatic carbocycles. The van der Waals surface area contributed by atoms with Crippen molar-refractivity contribution < 1.29 is 14.7 Å². The van der Waals surface area contributed by atoms with Crippen LogP contribution in [-0.4, -0.2) is 65.4 Å². The van der Waals surface area contributed by atoms with Gasteiger partial charge in [0.2, 0.25) is 0 Å². The van der Waals surface area contributed by atoms with Crippen molar-refractivity contribution in [3.63, 3.8) is 0 Å². The summed E-state index contributed by atoms with van der Waals surface area (Å²) in [5.74, 6) is 1.05. The molecule has 0 spiro atoms. The Kier molecular flexibility index (Phi) is 6.29. The Labute approximate surface area is 153 Å². The first-order valence-electron chi connectivity index (χ1n) is 7.96. The van der Waals surface area contributed by atoms with E-state index in [1.807, 2.05) is 29.2 Å². The van der Waals surface area contributed by atoms with Crippen LogP contribution in [0.3, 0.4) is 0 Å². The van der Waals surface area contributed by atoms with Crippen molar-refractivity contribution in [3.8, 4) is 12.0 Å². The summed E-state index contributed by atoms with van der Waals surface area (Å²) in [5.41, 5.74) is 1.40. The molecule has 1 aromatic rings. The highest BCUT2D eigenvalue weighted by Gasteiger charge is 2.35. The highest BCUT2D eigenvalue weighted by atomic mass is 35.5. The van der Waals surface area contributed by atoms with E-state index in [0.29, 0.717) is 18.1 Å². The van der Waals surface area contributed by atoms with Crippen LogP contribution in [-0.2, 0) is 9.63 Å². The highest BCUT2D eigenvalue weighted by Crippen LogP contribution is 2.24. The summed E-state index contributed by atoms with van der Waals surface area (Å²) < 4.78 is 0. The molecule has 0 atom stereocenters. The Morgan fingerprint density at radius 2 is 1.84 bits per heavy atom. The van der Waals surface area contributed by atoms with E-state index in [-0.39, 0.29) is 5.54 Å². The maximum atomic E-state index is 10.6. The number of carboxylic acids is 1. The predicted molar refractivity (Wildman–Crippen MR) is 97.6 cm³/mol. The highest BCUT2D eigenvalue weighted by molar-refractivity contribution is 6.30. The van der Waals surface area contributed by atoms with Gasteiger partial charge in [0.25, 0.3) is 0 Å². The van der Waals surface area contributed by atoms with Gasteiger partial charge in [-0.2, -0.15) is 0 Å². The number of oxime groups is 1. The van der Waals surface area contributed by atoms with Crippen LogP contribution in [0, 0.1) is 12.0 Å². The Hall–Kier alpha value is -2.23. The summed E-state index contributed by atoms with van der Waals surface area (Å²) in [4.78, 5) is 19.8. The first-order valence-corrected chi connectivity index (χ1v) is 8.34. The minimum Gasteiger partial charge on any atom is -0.472 e. The van der Waals surface area contributed by atoms with Crippen molar-refractivity contribution in [3.05, 3.63) is 34.9 Å². The second-order valence-electron chi connectivity index (χ2n) is 6.20. The summed E-state index contributed by atoms with van der Waals surface area (Å²) in [5, 5.41) is 13.6. The van der Waals surface area contributed by atoms with Gasteiger partial charge in [0.15, 0.2) is 0 Å². The number of benzene rings is 1. The van der Waals surface area contributed by atoms with Crippen LogP contribution in [0.2, 0.25) is 5.02 Å². The summed E-state index contributed by atoms with van der Waals surface area (Å²) in [6.07, 6.45) is 0. The molecule has 1 N–H and O–H groups in total. The average Bonchev–Trinajstić information content (AvgIpc) is 2.59. The van der Waals surface area contributed by atoms with Crippen molar-refractivity contribution in [2.75, 3.05) is 33.3 Å². The maximum Gasteiger partial charge on any atom is 0.383 e. The van der Waals surface area contributed by atoms with Gasteiger partial charge >= 0.3 is 5.97 Å². The largest absolute Gasteiger partial charge is 0.472 e. The van der Waals surface area contributed by atoms with Crippen LogP contribution in [0.5, 0.6) is 0 Å². The van der Waals surface area contributed by atoms with Gasteiger partial charge in [-0.1, -0.05) is 28.9 Å². The predicted octanol–water partition coefficient (Wildman–Crippen LogP) is 2.13. The third kappa shape index (κ3) is 4.88. The van der Waals surface area contributed by atoms with Crippen LogP contribution < -0.4 is 0 Å². The van der Waals surface area contributed by atoms with Crippen LogP contribution in [0.15, 0.2) is 29.4 Å². The van der Waals surface area contributed by atoms with Gasteiger partial charge in [0, 0.05) is 48.7 Å². The quantitative estimate of drug-likeness (QED) is 0.504. The van der Waals surface area contributed by atoms with E-state index >= 15 is 0 Å². The Morgan fingerprint density at radius 1 is 1.24 bits per heavy atom. The molecule has 25 heavy (non-hydrogen) atoms. The number of carbonyl (C=O) groups is 1. The number of carboxylic acid groups (broad SMARTS) is 1. The average molecular weight is 364 g/mol. The van der Waals surface area contributed by atoms with E-state index in [1.165, 1.54) is 7.11 Å². The lowest BCUT2D eigenvalue weighted by molar-refractivity contribution is -0.130. The third-order valence-electron chi connectivity index (χ3n) is 4.27. The normalized spacial score (nSPS) is 16.2. The Morgan fingerprint density at radius 3 is 2.36 bits per heavy atom. The monoisotopic (exact) mass is 363 g/mol. The van der Waals surface area contributed by atoms with Gasteiger partial charge < -0.3 is 14.8 Å². The molecule has 0 unspecified atom stereocenters. The molecule has 0 radical (unpaired) electrons.